The number of alkyl carbamates (subject to hydrolysis) is 1. The Kier molecular flexibility index (Phi) is 7.02. The molecule has 0 radical (unpaired) electrons. The van der Waals surface area contributed by atoms with Gasteiger partial charge in [-0.05, 0) is 30.5 Å². The molecule has 1 aromatic rings. The van der Waals surface area contributed by atoms with Crippen molar-refractivity contribution < 1.29 is 19.4 Å². The van der Waals surface area contributed by atoms with Crippen LogP contribution in [0, 0.1) is 11.8 Å². The van der Waals surface area contributed by atoms with E-state index in [-0.39, 0.29) is 24.5 Å². The van der Waals surface area contributed by atoms with E-state index in [1.54, 1.807) is 14.0 Å². The molecule has 5 nitrogen and oxygen atoms in total. The normalized spacial score (nSPS) is 13.6. The van der Waals surface area contributed by atoms with Crippen LogP contribution in [0.2, 0.25) is 0 Å². The number of amides is 1. The van der Waals surface area contributed by atoms with Crippen LogP contribution in [0.3, 0.4) is 0 Å². The SMILES string of the molecule is CCOC(=O)N[C@H](c1ccc(OC)cc1)[C@H](CO)C(C)C. The molecular weight excluding hydrogens is 270 g/mol. The van der Waals surface area contributed by atoms with Gasteiger partial charge in [0.25, 0.3) is 0 Å². The third kappa shape index (κ3) is 4.93. The maximum Gasteiger partial charge on any atom is 0.407 e. The Labute approximate surface area is 126 Å². The molecule has 0 bridgehead atoms. The highest BCUT2D eigenvalue weighted by molar-refractivity contribution is 5.68. The molecule has 0 saturated carbocycles. The number of aliphatic hydroxyl groups is 1. The lowest BCUT2D eigenvalue weighted by Crippen LogP contribution is -2.37. The fraction of sp³-hybridized carbons (Fsp3) is 0.562. The standard InChI is InChI=1S/C16H25NO4/c1-5-21-16(19)17-15(14(10-18)11(2)3)12-6-8-13(20-4)9-7-12/h6-9,11,14-15,18H,5,10H2,1-4H3,(H,17,19)/t14-,15-/m1/s1. The summed E-state index contributed by atoms with van der Waals surface area (Å²) in [5.41, 5.74) is 0.914. The van der Waals surface area contributed by atoms with Crippen LogP contribution in [0.25, 0.3) is 0 Å². The summed E-state index contributed by atoms with van der Waals surface area (Å²) in [5.74, 6) is 0.866. The topological polar surface area (TPSA) is 67.8 Å². The minimum atomic E-state index is -0.475. The molecule has 0 aliphatic carbocycles. The zero-order valence-corrected chi connectivity index (χ0v) is 13.1. The first-order chi connectivity index (χ1) is 10.0. The monoisotopic (exact) mass is 295 g/mol. The van der Waals surface area contributed by atoms with Crippen molar-refractivity contribution in [2.75, 3.05) is 20.3 Å². The fourth-order valence-electron chi connectivity index (χ4n) is 2.25. The lowest BCUT2D eigenvalue weighted by Gasteiger charge is -2.29. The molecule has 1 aromatic carbocycles. The Morgan fingerprint density at radius 3 is 2.33 bits per heavy atom. The van der Waals surface area contributed by atoms with Crippen molar-refractivity contribution in [1.82, 2.24) is 5.32 Å². The number of hydrogen-bond donors (Lipinski definition) is 2. The highest BCUT2D eigenvalue weighted by Crippen LogP contribution is 2.29. The zero-order chi connectivity index (χ0) is 15.8. The number of carbonyl (C=O) groups excluding carboxylic acids is 1. The summed E-state index contributed by atoms with van der Waals surface area (Å²) in [7, 11) is 1.61. The number of rotatable bonds is 7. The minimum absolute atomic E-state index is 0.0131. The molecule has 118 valence electrons. The average Bonchev–Trinajstić information content (AvgIpc) is 2.47. The van der Waals surface area contributed by atoms with Gasteiger partial charge in [0.05, 0.1) is 19.8 Å². The number of benzene rings is 1. The van der Waals surface area contributed by atoms with Crippen molar-refractivity contribution in [1.29, 1.82) is 0 Å². The quantitative estimate of drug-likeness (QED) is 0.811. The summed E-state index contributed by atoms with van der Waals surface area (Å²) in [4.78, 5) is 11.8. The van der Waals surface area contributed by atoms with Crippen LogP contribution in [-0.2, 0) is 4.74 Å². The van der Waals surface area contributed by atoms with Gasteiger partial charge < -0.3 is 19.9 Å². The van der Waals surface area contributed by atoms with Crippen molar-refractivity contribution >= 4 is 6.09 Å². The van der Waals surface area contributed by atoms with E-state index >= 15 is 0 Å². The van der Waals surface area contributed by atoms with Crippen LogP contribution in [0.1, 0.15) is 32.4 Å². The minimum Gasteiger partial charge on any atom is -0.497 e. The van der Waals surface area contributed by atoms with Gasteiger partial charge in [-0.15, -0.1) is 0 Å². The first kappa shape index (κ1) is 17.3. The molecule has 0 saturated heterocycles. The summed E-state index contributed by atoms with van der Waals surface area (Å²) in [6, 6.07) is 7.15. The average molecular weight is 295 g/mol. The Morgan fingerprint density at radius 1 is 1.29 bits per heavy atom. The number of methoxy groups -OCH3 is 1. The third-order valence-corrected chi connectivity index (χ3v) is 3.52. The highest BCUT2D eigenvalue weighted by atomic mass is 16.5. The van der Waals surface area contributed by atoms with E-state index in [1.807, 2.05) is 38.1 Å². The van der Waals surface area contributed by atoms with Gasteiger partial charge in [-0.25, -0.2) is 4.79 Å². The van der Waals surface area contributed by atoms with Crippen molar-refractivity contribution in [3.63, 3.8) is 0 Å². The molecule has 0 aliphatic heterocycles. The molecule has 1 rings (SSSR count). The summed E-state index contributed by atoms with van der Waals surface area (Å²) in [5, 5.41) is 12.5. The van der Waals surface area contributed by atoms with E-state index in [4.69, 9.17) is 9.47 Å². The lowest BCUT2D eigenvalue weighted by atomic mass is 9.85. The second-order valence-electron chi connectivity index (χ2n) is 5.21. The molecular formula is C16H25NO4. The molecule has 0 spiro atoms. The number of aliphatic hydroxyl groups excluding tert-OH is 1. The van der Waals surface area contributed by atoms with E-state index in [2.05, 4.69) is 5.32 Å². The van der Waals surface area contributed by atoms with E-state index in [0.717, 1.165) is 11.3 Å². The lowest BCUT2D eigenvalue weighted by molar-refractivity contribution is 0.122. The van der Waals surface area contributed by atoms with E-state index in [9.17, 15) is 9.90 Å². The summed E-state index contributed by atoms with van der Waals surface area (Å²) >= 11 is 0. The molecule has 0 aromatic heterocycles. The Morgan fingerprint density at radius 2 is 1.90 bits per heavy atom. The Bertz CT molecular complexity index is 430. The molecule has 0 aliphatic rings. The molecule has 2 N–H and O–H groups in total. The van der Waals surface area contributed by atoms with Crippen molar-refractivity contribution in [3.8, 4) is 5.75 Å². The Balaban J connectivity index is 3.01. The van der Waals surface area contributed by atoms with Crippen LogP contribution < -0.4 is 10.1 Å². The maximum absolute atomic E-state index is 11.8. The third-order valence-electron chi connectivity index (χ3n) is 3.52. The van der Waals surface area contributed by atoms with Crippen LogP contribution in [-0.4, -0.2) is 31.5 Å². The van der Waals surface area contributed by atoms with Crippen LogP contribution >= 0.6 is 0 Å². The summed E-state index contributed by atoms with van der Waals surface area (Å²) in [6.45, 7) is 6.09. The molecule has 0 unspecified atom stereocenters. The van der Waals surface area contributed by atoms with Gasteiger partial charge in [-0.3, -0.25) is 0 Å². The van der Waals surface area contributed by atoms with Gasteiger partial charge in [-0.2, -0.15) is 0 Å². The van der Waals surface area contributed by atoms with E-state index < -0.39 is 6.09 Å². The van der Waals surface area contributed by atoms with Gasteiger partial charge in [0, 0.05) is 12.5 Å². The van der Waals surface area contributed by atoms with Gasteiger partial charge in [0.1, 0.15) is 5.75 Å². The van der Waals surface area contributed by atoms with Crippen LogP contribution in [0.5, 0.6) is 5.75 Å². The smallest absolute Gasteiger partial charge is 0.407 e. The van der Waals surface area contributed by atoms with Gasteiger partial charge in [-0.1, -0.05) is 26.0 Å². The highest BCUT2D eigenvalue weighted by Gasteiger charge is 2.27. The summed E-state index contributed by atoms with van der Waals surface area (Å²) in [6.07, 6.45) is -0.475. The van der Waals surface area contributed by atoms with E-state index in [1.165, 1.54) is 0 Å². The second-order valence-corrected chi connectivity index (χ2v) is 5.21. The molecule has 0 fully saturated rings. The number of ether oxygens (including phenoxy) is 2. The molecule has 5 heteroatoms. The van der Waals surface area contributed by atoms with Gasteiger partial charge in [0.2, 0.25) is 0 Å². The van der Waals surface area contributed by atoms with Crippen molar-refractivity contribution in [2.24, 2.45) is 11.8 Å². The number of nitrogens with one attached hydrogen (secondary N) is 1. The van der Waals surface area contributed by atoms with Gasteiger partial charge in [0.15, 0.2) is 0 Å². The van der Waals surface area contributed by atoms with E-state index in [0.29, 0.717) is 6.61 Å². The Hall–Kier alpha value is -1.75. The maximum atomic E-state index is 11.8. The molecule has 2 atom stereocenters. The molecule has 0 heterocycles. The second kappa shape index (κ2) is 8.52. The number of hydrogen-bond acceptors (Lipinski definition) is 4. The van der Waals surface area contributed by atoms with Crippen molar-refractivity contribution in [3.05, 3.63) is 29.8 Å². The molecule has 1 amide bonds. The predicted molar refractivity (Wildman–Crippen MR) is 81.3 cm³/mol. The largest absolute Gasteiger partial charge is 0.497 e. The first-order valence-corrected chi connectivity index (χ1v) is 7.21. The van der Waals surface area contributed by atoms with Crippen molar-refractivity contribution in [2.45, 2.75) is 26.8 Å². The van der Waals surface area contributed by atoms with Gasteiger partial charge >= 0.3 is 6.09 Å². The number of carbonyl (C=O) groups is 1. The first-order valence-electron chi connectivity index (χ1n) is 7.21. The zero-order valence-electron chi connectivity index (χ0n) is 13.1. The van der Waals surface area contributed by atoms with Crippen LogP contribution in [0.4, 0.5) is 4.79 Å². The van der Waals surface area contributed by atoms with Crippen LogP contribution in [0.15, 0.2) is 24.3 Å². The fourth-order valence-corrected chi connectivity index (χ4v) is 2.25. The molecule has 21 heavy (non-hydrogen) atoms. The predicted octanol–water partition coefficient (Wildman–Crippen LogP) is 2.75. The summed E-state index contributed by atoms with van der Waals surface area (Å²) < 4.78 is 10.1.